The van der Waals surface area contributed by atoms with E-state index in [0.717, 1.165) is 27.7 Å². The molecule has 4 rings (SSSR count). The summed E-state index contributed by atoms with van der Waals surface area (Å²) in [6.45, 7) is 0. The second-order valence-electron chi connectivity index (χ2n) is 5.58. The fraction of sp³-hybridized carbons (Fsp3) is 0. The average molecular weight is 313 g/mol. The Morgan fingerprint density at radius 1 is 0.958 bits per heavy atom. The number of aromatic nitrogens is 2. The SMILES string of the molecule is NC(=O)c1cc(-c2ccccc2)[nH]c1-c1nccc2ccccc12. The monoisotopic (exact) mass is 313 g/mol. The summed E-state index contributed by atoms with van der Waals surface area (Å²) in [4.78, 5) is 19.8. The molecule has 116 valence electrons. The van der Waals surface area contributed by atoms with Crippen LogP contribution in [0.5, 0.6) is 0 Å². The van der Waals surface area contributed by atoms with Crippen molar-refractivity contribution in [1.82, 2.24) is 9.97 Å². The van der Waals surface area contributed by atoms with Gasteiger partial charge in [-0.15, -0.1) is 0 Å². The van der Waals surface area contributed by atoms with E-state index in [0.29, 0.717) is 11.3 Å². The molecule has 0 spiro atoms. The van der Waals surface area contributed by atoms with Crippen molar-refractivity contribution in [2.45, 2.75) is 0 Å². The maximum atomic E-state index is 12.0. The molecule has 0 aliphatic heterocycles. The number of nitrogens with one attached hydrogen (secondary N) is 1. The van der Waals surface area contributed by atoms with Gasteiger partial charge >= 0.3 is 0 Å². The third-order valence-electron chi connectivity index (χ3n) is 4.08. The van der Waals surface area contributed by atoms with Crippen LogP contribution in [-0.2, 0) is 0 Å². The molecule has 0 saturated carbocycles. The highest BCUT2D eigenvalue weighted by Gasteiger charge is 2.18. The van der Waals surface area contributed by atoms with Gasteiger partial charge in [0.1, 0.15) is 0 Å². The van der Waals surface area contributed by atoms with Gasteiger partial charge in [-0.1, -0.05) is 54.6 Å². The molecule has 2 aromatic heterocycles. The predicted octanol–water partition coefficient (Wildman–Crippen LogP) is 4.00. The molecule has 3 N–H and O–H groups in total. The van der Waals surface area contributed by atoms with Crippen LogP contribution in [0.3, 0.4) is 0 Å². The van der Waals surface area contributed by atoms with E-state index in [1.54, 1.807) is 12.3 Å². The van der Waals surface area contributed by atoms with Crippen molar-refractivity contribution < 1.29 is 4.79 Å². The van der Waals surface area contributed by atoms with Crippen LogP contribution < -0.4 is 5.73 Å². The van der Waals surface area contributed by atoms with Crippen LogP contribution in [0.2, 0.25) is 0 Å². The fourth-order valence-corrected chi connectivity index (χ4v) is 2.93. The normalized spacial score (nSPS) is 10.8. The van der Waals surface area contributed by atoms with Crippen molar-refractivity contribution in [3.05, 3.63) is 78.5 Å². The fourth-order valence-electron chi connectivity index (χ4n) is 2.93. The van der Waals surface area contributed by atoms with Gasteiger partial charge in [0, 0.05) is 17.3 Å². The number of benzene rings is 2. The summed E-state index contributed by atoms with van der Waals surface area (Å²) in [5.41, 5.74) is 9.25. The Balaban J connectivity index is 1.97. The van der Waals surface area contributed by atoms with Crippen LogP contribution in [0.25, 0.3) is 33.4 Å². The minimum atomic E-state index is -0.474. The van der Waals surface area contributed by atoms with Gasteiger partial charge in [0.2, 0.25) is 0 Å². The van der Waals surface area contributed by atoms with Crippen LogP contribution in [0.1, 0.15) is 10.4 Å². The number of rotatable bonds is 3. The molecule has 4 aromatic rings. The maximum absolute atomic E-state index is 12.0. The van der Waals surface area contributed by atoms with E-state index < -0.39 is 5.91 Å². The maximum Gasteiger partial charge on any atom is 0.250 e. The third-order valence-corrected chi connectivity index (χ3v) is 4.08. The molecule has 0 bridgehead atoms. The Labute approximate surface area is 139 Å². The molecule has 2 heterocycles. The third kappa shape index (κ3) is 2.34. The van der Waals surface area contributed by atoms with Gasteiger partial charge < -0.3 is 10.7 Å². The van der Waals surface area contributed by atoms with Crippen LogP contribution in [0.4, 0.5) is 0 Å². The summed E-state index contributed by atoms with van der Waals surface area (Å²) in [6.07, 6.45) is 1.74. The lowest BCUT2D eigenvalue weighted by atomic mass is 10.1. The van der Waals surface area contributed by atoms with Crippen LogP contribution in [0.15, 0.2) is 72.9 Å². The molecule has 0 radical (unpaired) electrons. The zero-order valence-electron chi connectivity index (χ0n) is 12.9. The summed E-state index contributed by atoms with van der Waals surface area (Å²) < 4.78 is 0. The molecule has 0 saturated heterocycles. The van der Waals surface area contributed by atoms with Crippen molar-refractivity contribution in [2.75, 3.05) is 0 Å². The van der Waals surface area contributed by atoms with E-state index in [4.69, 9.17) is 5.73 Å². The molecular formula is C20H15N3O. The highest BCUT2D eigenvalue weighted by Crippen LogP contribution is 2.31. The van der Waals surface area contributed by atoms with Gasteiger partial charge in [0.25, 0.3) is 5.91 Å². The summed E-state index contributed by atoms with van der Waals surface area (Å²) in [6, 6.07) is 21.5. The van der Waals surface area contributed by atoms with E-state index in [2.05, 4.69) is 9.97 Å². The quantitative estimate of drug-likeness (QED) is 0.600. The second kappa shape index (κ2) is 5.66. The first-order chi connectivity index (χ1) is 11.7. The number of pyridine rings is 1. The van der Waals surface area contributed by atoms with Crippen molar-refractivity contribution in [2.24, 2.45) is 5.73 Å². The Hall–Kier alpha value is -3.40. The van der Waals surface area contributed by atoms with Gasteiger partial charge in [0.15, 0.2) is 0 Å². The number of hydrogen-bond acceptors (Lipinski definition) is 2. The molecule has 4 nitrogen and oxygen atoms in total. The Morgan fingerprint density at radius 3 is 2.50 bits per heavy atom. The largest absolute Gasteiger partial charge is 0.366 e. The molecule has 0 fully saturated rings. The summed E-state index contributed by atoms with van der Waals surface area (Å²) in [5.74, 6) is -0.474. The van der Waals surface area contributed by atoms with Crippen molar-refractivity contribution in [3.8, 4) is 22.6 Å². The summed E-state index contributed by atoms with van der Waals surface area (Å²) in [7, 11) is 0. The number of nitrogens with zero attached hydrogens (tertiary/aromatic N) is 1. The molecule has 1 amide bonds. The first-order valence-electron chi connectivity index (χ1n) is 7.66. The smallest absolute Gasteiger partial charge is 0.250 e. The number of H-pyrrole nitrogens is 1. The Morgan fingerprint density at radius 2 is 1.71 bits per heavy atom. The first-order valence-corrected chi connectivity index (χ1v) is 7.66. The number of carbonyl (C=O) groups excluding carboxylic acids is 1. The van der Waals surface area contributed by atoms with Gasteiger partial charge in [-0.2, -0.15) is 0 Å². The highest BCUT2D eigenvalue weighted by molar-refractivity contribution is 6.04. The van der Waals surface area contributed by atoms with Gasteiger partial charge in [-0.25, -0.2) is 0 Å². The minimum absolute atomic E-state index is 0.442. The number of amides is 1. The van der Waals surface area contributed by atoms with Crippen LogP contribution in [0, 0.1) is 0 Å². The number of nitrogens with two attached hydrogens (primary N) is 1. The first kappa shape index (κ1) is 14.2. The average Bonchev–Trinajstić information content (AvgIpc) is 3.07. The molecule has 0 aliphatic carbocycles. The molecule has 0 atom stereocenters. The molecular weight excluding hydrogens is 298 g/mol. The summed E-state index contributed by atoms with van der Waals surface area (Å²) in [5, 5.41) is 2.04. The van der Waals surface area contributed by atoms with E-state index in [-0.39, 0.29) is 0 Å². The topological polar surface area (TPSA) is 71.8 Å². The predicted molar refractivity (Wildman–Crippen MR) is 95.5 cm³/mol. The zero-order chi connectivity index (χ0) is 16.5. The van der Waals surface area contributed by atoms with E-state index in [1.807, 2.05) is 60.7 Å². The number of hydrogen-bond donors (Lipinski definition) is 2. The zero-order valence-corrected chi connectivity index (χ0v) is 12.9. The standard InChI is InChI=1S/C20H15N3O/c21-20(24)16-12-17(14-7-2-1-3-8-14)23-19(16)18-15-9-5-4-6-13(15)10-11-22-18/h1-12,23H,(H2,21,24). The van der Waals surface area contributed by atoms with Gasteiger partial charge in [-0.3, -0.25) is 9.78 Å². The number of primary amides is 1. The lowest BCUT2D eigenvalue weighted by Gasteiger charge is -2.05. The minimum Gasteiger partial charge on any atom is -0.366 e. The molecule has 2 aromatic carbocycles. The summed E-state index contributed by atoms with van der Waals surface area (Å²) >= 11 is 0. The van der Waals surface area contributed by atoms with Crippen molar-refractivity contribution in [3.63, 3.8) is 0 Å². The number of aromatic amines is 1. The number of fused-ring (bicyclic) bond motifs is 1. The molecule has 4 heteroatoms. The lowest BCUT2D eigenvalue weighted by Crippen LogP contribution is -2.11. The van der Waals surface area contributed by atoms with Crippen molar-refractivity contribution in [1.29, 1.82) is 0 Å². The lowest BCUT2D eigenvalue weighted by molar-refractivity contribution is 0.100. The van der Waals surface area contributed by atoms with Crippen molar-refractivity contribution >= 4 is 16.7 Å². The van der Waals surface area contributed by atoms with E-state index in [1.165, 1.54) is 0 Å². The van der Waals surface area contributed by atoms with Gasteiger partial charge in [0.05, 0.1) is 17.0 Å². The van der Waals surface area contributed by atoms with E-state index in [9.17, 15) is 4.79 Å². The van der Waals surface area contributed by atoms with Crippen LogP contribution >= 0.6 is 0 Å². The van der Waals surface area contributed by atoms with E-state index >= 15 is 0 Å². The van der Waals surface area contributed by atoms with Crippen LogP contribution in [-0.4, -0.2) is 15.9 Å². The Bertz CT molecular complexity index is 1030. The highest BCUT2D eigenvalue weighted by atomic mass is 16.1. The molecule has 24 heavy (non-hydrogen) atoms. The number of carbonyl (C=O) groups is 1. The van der Waals surface area contributed by atoms with Gasteiger partial charge in [-0.05, 0) is 23.1 Å². The molecule has 0 unspecified atom stereocenters. The molecule has 0 aliphatic rings. The second-order valence-corrected chi connectivity index (χ2v) is 5.58. The Kier molecular flexibility index (Phi) is 3.35.